The van der Waals surface area contributed by atoms with Gasteiger partial charge in [0.05, 0.1) is 6.61 Å². The first-order valence-corrected chi connectivity index (χ1v) is 4.81. The number of rotatable bonds is 5. The molecule has 2 atom stereocenters. The van der Waals surface area contributed by atoms with Crippen LogP contribution in [0.3, 0.4) is 0 Å². The Morgan fingerprint density at radius 3 is 2.13 bits per heavy atom. The van der Waals surface area contributed by atoms with Crippen molar-refractivity contribution in [2.75, 3.05) is 6.61 Å². The first-order chi connectivity index (χ1) is 6.69. The van der Waals surface area contributed by atoms with E-state index in [2.05, 4.69) is 0 Å². The maximum Gasteiger partial charge on any atom is 0.345 e. The highest BCUT2D eigenvalue weighted by atomic mass is 16.6. The number of ketones is 1. The van der Waals surface area contributed by atoms with E-state index in [0.717, 1.165) is 6.92 Å². The number of carbonyl (C=O) groups excluding carboxylic acids is 2. The fourth-order valence-electron chi connectivity index (χ4n) is 0.890. The Labute approximate surface area is 89.0 Å². The quantitative estimate of drug-likeness (QED) is 0.496. The second-order valence-corrected chi connectivity index (χ2v) is 4.10. The Hall–Kier alpha value is -0.940. The van der Waals surface area contributed by atoms with E-state index >= 15 is 0 Å². The monoisotopic (exact) mass is 218 g/mol. The second-order valence-electron chi connectivity index (χ2n) is 4.10. The van der Waals surface area contributed by atoms with Crippen LogP contribution in [0.2, 0.25) is 0 Å². The molecule has 0 bridgehead atoms. The molecule has 2 N–H and O–H groups in total. The molecule has 0 fully saturated rings. The van der Waals surface area contributed by atoms with E-state index in [1.165, 1.54) is 6.92 Å². The molecule has 0 radical (unpaired) electrons. The van der Waals surface area contributed by atoms with Crippen molar-refractivity contribution in [1.82, 2.24) is 0 Å². The van der Waals surface area contributed by atoms with Crippen LogP contribution in [0.5, 0.6) is 0 Å². The van der Waals surface area contributed by atoms with E-state index < -0.39 is 23.5 Å². The number of esters is 1. The summed E-state index contributed by atoms with van der Waals surface area (Å²) in [6.45, 7) is 6.00. The standard InChI is InChI=1S/C10H18O5/c1-6(2)5-15-9(13)10(4,14)8(12)7(3)11/h6-7,11,14H,5H2,1-4H3. The topological polar surface area (TPSA) is 83.8 Å². The zero-order chi connectivity index (χ0) is 12.2. The van der Waals surface area contributed by atoms with Crippen LogP contribution in [0, 0.1) is 5.92 Å². The highest BCUT2D eigenvalue weighted by Gasteiger charge is 2.42. The van der Waals surface area contributed by atoms with Crippen molar-refractivity contribution in [3.05, 3.63) is 0 Å². The van der Waals surface area contributed by atoms with Crippen LogP contribution in [0.25, 0.3) is 0 Å². The predicted molar refractivity (Wildman–Crippen MR) is 53.1 cm³/mol. The van der Waals surface area contributed by atoms with Gasteiger partial charge in [-0.1, -0.05) is 13.8 Å². The average Bonchev–Trinajstić information content (AvgIpc) is 2.12. The van der Waals surface area contributed by atoms with Gasteiger partial charge in [-0.3, -0.25) is 4.79 Å². The number of hydrogen-bond donors (Lipinski definition) is 2. The molecular weight excluding hydrogens is 200 g/mol. The third-order valence-electron chi connectivity index (χ3n) is 1.80. The molecule has 15 heavy (non-hydrogen) atoms. The van der Waals surface area contributed by atoms with Gasteiger partial charge in [0.25, 0.3) is 0 Å². The van der Waals surface area contributed by atoms with Crippen LogP contribution < -0.4 is 0 Å². The molecule has 2 unspecified atom stereocenters. The molecule has 0 rings (SSSR count). The number of Topliss-reactive ketones (excluding diaryl/α,β-unsaturated/α-hetero) is 1. The summed E-state index contributed by atoms with van der Waals surface area (Å²) in [7, 11) is 0. The summed E-state index contributed by atoms with van der Waals surface area (Å²) in [5.74, 6) is -1.87. The highest BCUT2D eigenvalue weighted by Crippen LogP contribution is 2.11. The van der Waals surface area contributed by atoms with Gasteiger partial charge in [0, 0.05) is 0 Å². The fraction of sp³-hybridized carbons (Fsp3) is 0.800. The van der Waals surface area contributed by atoms with Gasteiger partial charge in [0.2, 0.25) is 11.4 Å². The predicted octanol–water partition coefficient (Wildman–Crippen LogP) is -0.114. The Morgan fingerprint density at radius 2 is 1.80 bits per heavy atom. The third kappa shape index (κ3) is 3.97. The lowest BCUT2D eigenvalue weighted by molar-refractivity contribution is -0.172. The molecule has 0 aliphatic heterocycles. The van der Waals surface area contributed by atoms with Crippen molar-refractivity contribution in [2.45, 2.75) is 39.4 Å². The minimum absolute atomic E-state index is 0.117. The van der Waals surface area contributed by atoms with E-state index in [4.69, 9.17) is 9.84 Å². The van der Waals surface area contributed by atoms with Gasteiger partial charge in [-0.25, -0.2) is 4.79 Å². The smallest absolute Gasteiger partial charge is 0.345 e. The Kier molecular flexibility index (Phi) is 4.90. The summed E-state index contributed by atoms with van der Waals surface area (Å²) in [5.41, 5.74) is -2.27. The molecule has 0 saturated heterocycles. The Bertz CT molecular complexity index is 242. The van der Waals surface area contributed by atoms with Gasteiger partial charge in [-0.2, -0.15) is 0 Å². The van der Waals surface area contributed by atoms with E-state index in [9.17, 15) is 14.7 Å². The van der Waals surface area contributed by atoms with Crippen LogP contribution in [-0.4, -0.2) is 40.3 Å². The number of carbonyl (C=O) groups is 2. The van der Waals surface area contributed by atoms with Gasteiger partial charge < -0.3 is 14.9 Å². The SMILES string of the molecule is CC(C)COC(=O)C(C)(O)C(=O)C(C)O. The van der Waals surface area contributed by atoms with Gasteiger partial charge in [-0.15, -0.1) is 0 Å². The summed E-state index contributed by atoms with van der Waals surface area (Å²) in [6, 6.07) is 0. The van der Waals surface area contributed by atoms with Crippen molar-refractivity contribution in [2.24, 2.45) is 5.92 Å². The lowest BCUT2D eigenvalue weighted by atomic mass is 9.97. The molecule has 0 aromatic carbocycles. The zero-order valence-electron chi connectivity index (χ0n) is 9.48. The van der Waals surface area contributed by atoms with Crippen molar-refractivity contribution in [3.8, 4) is 0 Å². The van der Waals surface area contributed by atoms with E-state index in [-0.39, 0.29) is 12.5 Å². The number of aliphatic hydroxyl groups excluding tert-OH is 1. The van der Waals surface area contributed by atoms with Crippen LogP contribution in [0.4, 0.5) is 0 Å². The van der Waals surface area contributed by atoms with Gasteiger partial charge in [-0.05, 0) is 19.8 Å². The van der Waals surface area contributed by atoms with E-state index in [1.807, 2.05) is 13.8 Å². The lowest BCUT2D eigenvalue weighted by Crippen LogP contribution is -2.49. The summed E-state index contributed by atoms with van der Waals surface area (Å²) in [6.07, 6.45) is -1.40. The van der Waals surface area contributed by atoms with E-state index in [1.54, 1.807) is 0 Å². The minimum atomic E-state index is -2.27. The first-order valence-electron chi connectivity index (χ1n) is 4.81. The Balaban J connectivity index is 4.45. The van der Waals surface area contributed by atoms with Crippen molar-refractivity contribution >= 4 is 11.8 Å². The van der Waals surface area contributed by atoms with Gasteiger partial charge in [0.1, 0.15) is 6.10 Å². The molecule has 0 amide bonds. The van der Waals surface area contributed by atoms with Crippen molar-refractivity contribution in [1.29, 1.82) is 0 Å². The first kappa shape index (κ1) is 14.1. The van der Waals surface area contributed by atoms with E-state index in [0.29, 0.717) is 0 Å². The maximum atomic E-state index is 11.3. The number of hydrogen-bond acceptors (Lipinski definition) is 5. The number of aliphatic hydroxyl groups is 2. The molecule has 88 valence electrons. The summed E-state index contributed by atoms with van der Waals surface area (Å²) in [4.78, 5) is 22.6. The molecule has 0 aromatic heterocycles. The molecular formula is C10H18O5. The van der Waals surface area contributed by atoms with Crippen molar-refractivity contribution in [3.63, 3.8) is 0 Å². The molecule has 5 heteroatoms. The largest absolute Gasteiger partial charge is 0.463 e. The van der Waals surface area contributed by atoms with Crippen molar-refractivity contribution < 1.29 is 24.5 Å². The van der Waals surface area contributed by atoms with Crippen LogP contribution in [0.15, 0.2) is 0 Å². The normalized spacial score (nSPS) is 17.0. The van der Waals surface area contributed by atoms with Gasteiger partial charge >= 0.3 is 5.97 Å². The molecule has 0 aliphatic carbocycles. The van der Waals surface area contributed by atoms with Crippen LogP contribution in [-0.2, 0) is 14.3 Å². The minimum Gasteiger partial charge on any atom is -0.463 e. The van der Waals surface area contributed by atoms with Crippen LogP contribution >= 0.6 is 0 Å². The average molecular weight is 218 g/mol. The lowest BCUT2D eigenvalue weighted by Gasteiger charge is -2.21. The highest BCUT2D eigenvalue weighted by molar-refractivity contribution is 6.08. The zero-order valence-corrected chi connectivity index (χ0v) is 9.48. The summed E-state index contributed by atoms with van der Waals surface area (Å²) >= 11 is 0. The molecule has 0 aliphatic rings. The molecule has 0 spiro atoms. The summed E-state index contributed by atoms with van der Waals surface area (Å²) in [5, 5.41) is 18.5. The fourth-order valence-corrected chi connectivity index (χ4v) is 0.890. The maximum absolute atomic E-state index is 11.3. The second kappa shape index (κ2) is 5.23. The molecule has 5 nitrogen and oxygen atoms in total. The summed E-state index contributed by atoms with van der Waals surface area (Å²) < 4.78 is 4.72. The number of ether oxygens (including phenoxy) is 1. The molecule has 0 aromatic rings. The molecule has 0 heterocycles. The third-order valence-corrected chi connectivity index (χ3v) is 1.80. The van der Waals surface area contributed by atoms with Gasteiger partial charge in [0.15, 0.2) is 0 Å². The van der Waals surface area contributed by atoms with Crippen LogP contribution in [0.1, 0.15) is 27.7 Å². The molecule has 0 saturated carbocycles. The Morgan fingerprint density at radius 1 is 1.33 bits per heavy atom.